The summed E-state index contributed by atoms with van der Waals surface area (Å²) in [7, 11) is 1.51. The molecular weight excluding hydrogens is 258 g/mol. The Bertz CT molecular complexity index is 455. The molecule has 110 valence electrons. The van der Waals surface area contributed by atoms with Crippen LogP contribution in [-0.4, -0.2) is 37.9 Å². The fraction of sp³-hybridized carbons (Fsp3) is 0.533. The van der Waals surface area contributed by atoms with Crippen molar-refractivity contribution >= 4 is 5.97 Å². The lowest BCUT2D eigenvalue weighted by Crippen LogP contribution is -2.10. The summed E-state index contributed by atoms with van der Waals surface area (Å²) in [4.78, 5) is 10.9. The molecule has 1 aromatic carbocycles. The van der Waals surface area contributed by atoms with Crippen LogP contribution in [0.3, 0.4) is 0 Å². The Labute approximate surface area is 118 Å². The van der Waals surface area contributed by atoms with Crippen LogP contribution in [-0.2, 0) is 0 Å². The van der Waals surface area contributed by atoms with Crippen molar-refractivity contribution in [2.75, 3.05) is 26.8 Å². The Hall–Kier alpha value is -1.75. The molecule has 0 radical (unpaired) electrons. The molecule has 0 aliphatic carbocycles. The molecule has 1 aromatic rings. The molecule has 2 rings (SSSR count). The van der Waals surface area contributed by atoms with Gasteiger partial charge < -0.3 is 19.9 Å². The molecule has 1 unspecified atom stereocenters. The van der Waals surface area contributed by atoms with E-state index in [1.54, 1.807) is 6.07 Å². The van der Waals surface area contributed by atoms with E-state index >= 15 is 0 Å². The molecule has 2 N–H and O–H groups in total. The number of rotatable bonds is 7. The van der Waals surface area contributed by atoms with Crippen LogP contribution in [0.4, 0.5) is 0 Å². The maximum Gasteiger partial charge on any atom is 0.335 e. The molecule has 5 heteroatoms. The highest BCUT2D eigenvalue weighted by Crippen LogP contribution is 2.28. The summed E-state index contributed by atoms with van der Waals surface area (Å²) in [5, 5.41) is 12.3. The first-order valence-electron chi connectivity index (χ1n) is 6.95. The molecule has 5 nitrogen and oxygen atoms in total. The lowest BCUT2D eigenvalue weighted by Gasteiger charge is -2.12. The number of carbonyl (C=O) groups is 1. The lowest BCUT2D eigenvalue weighted by molar-refractivity contribution is 0.0696. The fourth-order valence-electron chi connectivity index (χ4n) is 2.43. The highest BCUT2D eigenvalue weighted by molar-refractivity contribution is 5.88. The summed E-state index contributed by atoms with van der Waals surface area (Å²) in [5.74, 6) is 0.855. The van der Waals surface area contributed by atoms with E-state index in [9.17, 15) is 4.79 Å². The monoisotopic (exact) mass is 279 g/mol. The third-order valence-electron chi connectivity index (χ3n) is 3.59. The van der Waals surface area contributed by atoms with E-state index in [-0.39, 0.29) is 5.56 Å². The molecule has 1 atom stereocenters. The first kappa shape index (κ1) is 14.7. The van der Waals surface area contributed by atoms with Crippen LogP contribution in [0.25, 0.3) is 0 Å². The molecule has 0 bridgehead atoms. The van der Waals surface area contributed by atoms with E-state index in [0.29, 0.717) is 18.1 Å². The minimum absolute atomic E-state index is 0.200. The van der Waals surface area contributed by atoms with Gasteiger partial charge in [0.1, 0.15) is 0 Å². The topological polar surface area (TPSA) is 67.8 Å². The van der Waals surface area contributed by atoms with Gasteiger partial charge in [0.15, 0.2) is 11.5 Å². The Morgan fingerprint density at radius 2 is 2.30 bits per heavy atom. The lowest BCUT2D eigenvalue weighted by atomic mass is 10.0. The van der Waals surface area contributed by atoms with E-state index in [1.165, 1.54) is 25.7 Å². The van der Waals surface area contributed by atoms with Gasteiger partial charge in [0.2, 0.25) is 0 Å². The van der Waals surface area contributed by atoms with Crippen molar-refractivity contribution in [2.24, 2.45) is 5.92 Å². The molecule has 0 amide bonds. The van der Waals surface area contributed by atoms with E-state index in [2.05, 4.69) is 5.32 Å². The SMILES string of the molecule is COc1cc(C(=O)O)ccc1OCCCC1CCNC1. The summed E-state index contributed by atoms with van der Waals surface area (Å²) in [5.41, 5.74) is 0.200. The van der Waals surface area contributed by atoms with Crippen molar-refractivity contribution in [1.82, 2.24) is 5.32 Å². The minimum atomic E-state index is -0.969. The van der Waals surface area contributed by atoms with Crippen molar-refractivity contribution in [2.45, 2.75) is 19.3 Å². The summed E-state index contributed by atoms with van der Waals surface area (Å²) in [6.07, 6.45) is 3.40. The van der Waals surface area contributed by atoms with Crippen molar-refractivity contribution in [3.63, 3.8) is 0 Å². The normalized spacial score (nSPS) is 17.9. The highest BCUT2D eigenvalue weighted by atomic mass is 16.5. The van der Waals surface area contributed by atoms with E-state index in [1.807, 2.05) is 0 Å². The van der Waals surface area contributed by atoms with E-state index in [0.717, 1.165) is 31.8 Å². The van der Waals surface area contributed by atoms with Gasteiger partial charge in [-0.1, -0.05) is 0 Å². The van der Waals surface area contributed by atoms with E-state index < -0.39 is 5.97 Å². The molecule has 0 saturated carbocycles. The van der Waals surface area contributed by atoms with Crippen LogP contribution >= 0.6 is 0 Å². The predicted octanol–water partition coefficient (Wildman–Crippen LogP) is 2.16. The fourth-order valence-corrected chi connectivity index (χ4v) is 2.43. The maximum absolute atomic E-state index is 10.9. The van der Waals surface area contributed by atoms with Gasteiger partial charge in [-0.15, -0.1) is 0 Å². The number of aromatic carboxylic acids is 1. The van der Waals surface area contributed by atoms with Crippen LogP contribution in [0.1, 0.15) is 29.6 Å². The third kappa shape index (κ3) is 3.87. The average Bonchev–Trinajstić information content (AvgIpc) is 2.96. The Balaban J connectivity index is 1.83. The van der Waals surface area contributed by atoms with Crippen LogP contribution in [0.15, 0.2) is 18.2 Å². The zero-order valence-corrected chi connectivity index (χ0v) is 11.7. The number of benzene rings is 1. The quantitative estimate of drug-likeness (QED) is 0.749. The Morgan fingerprint density at radius 3 is 2.95 bits per heavy atom. The van der Waals surface area contributed by atoms with Crippen LogP contribution in [0.5, 0.6) is 11.5 Å². The van der Waals surface area contributed by atoms with Gasteiger partial charge in [-0.2, -0.15) is 0 Å². The number of carboxylic acid groups (broad SMARTS) is 1. The first-order valence-corrected chi connectivity index (χ1v) is 6.95. The molecule has 1 saturated heterocycles. The molecule has 0 aromatic heterocycles. The second-order valence-corrected chi connectivity index (χ2v) is 5.02. The summed E-state index contributed by atoms with van der Waals surface area (Å²) >= 11 is 0. The Kier molecular flexibility index (Phi) is 5.24. The standard InChI is InChI=1S/C15H21NO4/c1-19-14-9-12(15(17)18)4-5-13(14)20-8-2-3-11-6-7-16-10-11/h4-5,9,11,16H,2-3,6-8,10H2,1H3,(H,17,18). The average molecular weight is 279 g/mol. The number of hydrogen-bond acceptors (Lipinski definition) is 4. The molecule has 20 heavy (non-hydrogen) atoms. The van der Waals surface area contributed by atoms with E-state index in [4.69, 9.17) is 14.6 Å². The Morgan fingerprint density at radius 1 is 1.45 bits per heavy atom. The molecule has 0 spiro atoms. The summed E-state index contributed by atoms with van der Waals surface area (Å²) in [6, 6.07) is 4.67. The van der Waals surface area contributed by atoms with Gasteiger partial charge in [0.25, 0.3) is 0 Å². The molecule has 1 aliphatic rings. The summed E-state index contributed by atoms with van der Waals surface area (Å²) in [6.45, 7) is 2.85. The zero-order chi connectivity index (χ0) is 14.4. The highest BCUT2D eigenvalue weighted by Gasteiger charge is 2.14. The number of methoxy groups -OCH3 is 1. The van der Waals surface area contributed by atoms with Crippen LogP contribution < -0.4 is 14.8 Å². The second kappa shape index (κ2) is 7.14. The van der Waals surface area contributed by atoms with Gasteiger partial charge >= 0.3 is 5.97 Å². The van der Waals surface area contributed by atoms with Gasteiger partial charge in [0.05, 0.1) is 19.3 Å². The largest absolute Gasteiger partial charge is 0.493 e. The van der Waals surface area contributed by atoms with Gasteiger partial charge in [-0.25, -0.2) is 4.79 Å². The van der Waals surface area contributed by atoms with Gasteiger partial charge in [-0.05, 0) is 56.5 Å². The van der Waals surface area contributed by atoms with Gasteiger partial charge in [0, 0.05) is 0 Å². The minimum Gasteiger partial charge on any atom is -0.493 e. The number of ether oxygens (including phenoxy) is 2. The van der Waals surface area contributed by atoms with Crippen molar-refractivity contribution < 1.29 is 19.4 Å². The first-order chi connectivity index (χ1) is 9.70. The molecular formula is C15H21NO4. The maximum atomic E-state index is 10.9. The number of carboxylic acids is 1. The van der Waals surface area contributed by atoms with Crippen molar-refractivity contribution in [3.05, 3.63) is 23.8 Å². The second-order valence-electron chi connectivity index (χ2n) is 5.02. The number of nitrogens with one attached hydrogen (secondary N) is 1. The predicted molar refractivity (Wildman–Crippen MR) is 75.7 cm³/mol. The summed E-state index contributed by atoms with van der Waals surface area (Å²) < 4.78 is 10.9. The van der Waals surface area contributed by atoms with Crippen molar-refractivity contribution in [1.29, 1.82) is 0 Å². The smallest absolute Gasteiger partial charge is 0.335 e. The number of hydrogen-bond donors (Lipinski definition) is 2. The zero-order valence-electron chi connectivity index (χ0n) is 11.7. The third-order valence-corrected chi connectivity index (χ3v) is 3.59. The molecule has 1 heterocycles. The van der Waals surface area contributed by atoms with Crippen molar-refractivity contribution in [3.8, 4) is 11.5 Å². The molecule has 1 fully saturated rings. The van der Waals surface area contributed by atoms with Gasteiger partial charge in [-0.3, -0.25) is 0 Å². The molecule has 1 aliphatic heterocycles. The van der Waals surface area contributed by atoms with Crippen LogP contribution in [0.2, 0.25) is 0 Å². The van der Waals surface area contributed by atoms with Crippen LogP contribution in [0, 0.1) is 5.92 Å².